The quantitative estimate of drug-likeness (QED) is 0.830. The van der Waals surface area contributed by atoms with E-state index in [9.17, 15) is 9.59 Å². The average molecular weight is 352 g/mol. The summed E-state index contributed by atoms with van der Waals surface area (Å²) in [5.74, 6) is -0.156. The Morgan fingerprint density at radius 2 is 1.12 bits per heavy atom. The molecule has 2 aliphatic heterocycles. The van der Waals surface area contributed by atoms with E-state index in [1.165, 1.54) is 0 Å². The van der Waals surface area contributed by atoms with E-state index in [1.54, 1.807) is 36.2 Å². The third kappa shape index (κ3) is 2.41. The van der Waals surface area contributed by atoms with Gasteiger partial charge in [-0.15, -0.1) is 0 Å². The van der Waals surface area contributed by atoms with Crippen molar-refractivity contribution in [3.05, 3.63) is 70.8 Å². The second-order valence-electron chi connectivity index (χ2n) is 6.35. The number of methoxy groups -OCH3 is 2. The van der Waals surface area contributed by atoms with Gasteiger partial charge in [-0.25, -0.2) is 0 Å². The molecule has 0 radical (unpaired) electrons. The lowest BCUT2D eigenvalue weighted by molar-refractivity contribution is -0.0357. The summed E-state index contributed by atoms with van der Waals surface area (Å²) in [6.45, 7) is 0.733. The molecule has 6 nitrogen and oxygen atoms in total. The summed E-state index contributed by atoms with van der Waals surface area (Å²) in [7, 11) is 3.17. The van der Waals surface area contributed by atoms with E-state index in [1.807, 2.05) is 36.4 Å². The standard InChI is InChI=1S/C20H20N2O4/c1-25-19-15-9-5-3-7-13(15)17(23)21(19)11-12-22-18(24)14-8-4-6-10-16(14)20(22)26-2/h3-10,19-20H,11-12H2,1-2H3/t19-,20-/m1/s1. The largest absolute Gasteiger partial charge is 0.357 e. The molecule has 0 saturated heterocycles. The second kappa shape index (κ2) is 6.55. The first-order valence-electron chi connectivity index (χ1n) is 8.52. The molecule has 2 aromatic rings. The van der Waals surface area contributed by atoms with Gasteiger partial charge in [0.15, 0.2) is 12.5 Å². The van der Waals surface area contributed by atoms with Crippen LogP contribution in [0.1, 0.15) is 44.3 Å². The molecule has 26 heavy (non-hydrogen) atoms. The highest BCUT2D eigenvalue weighted by Crippen LogP contribution is 2.36. The van der Waals surface area contributed by atoms with Crippen LogP contribution in [0.25, 0.3) is 0 Å². The number of hydrogen-bond acceptors (Lipinski definition) is 4. The third-order valence-electron chi connectivity index (χ3n) is 5.03. The van der Waals surface area contributed by atoms with Crippen molar-refractivity contribution in [1.29, 1.82) is 0 Å². The van der Waals surface area contributed by atoms with Crippen LogP contribution >= 0.6 is 0 Å². The fourth-order valence-corrected chi connectivity index (χ4v) is 3.83. The van der Waals surface area contributed by atoms with Gasteiger partial charge < -0.3 is 19.3 Å². The van der Waals surface area contributed by atoms with Crippen molar-refractivity contribution < 1.29 is 19.1 Å². The normalized spacial score (nSPS) is 21.3. The van der Waals surface area contributed by atoms with Gasteiger partial charge in [0.2, 0.25) is 0 Å². The Kier molecular flexibility index (Phi) is 4.22. The third-order valence-corrected chi connectivity index (χ3v) is 5.03. The molecule has 0 unspecified atom stereocenters. The van der Waals surface area contributed by atoms with Gasteiger partial charge in [-0.2, -0.15) is 0 Å². The van der Waals surface area contributed by atoms with E-state index >= 15 is 0 Å². The highest BCUT2D eigenvalue weighted by molar-refractivity contribution is 6.00. The molecule has 2 aliphatic rings. The molecule has 2 amide bonds. The molecule has 134 valence electrons. The first kappa shape index (κ1) is 16.8. The molecular weight excluding hydrogens is 332 g/mol. The van der Waals surface area contributed by atoms with Crippen LogP contribution in [-0.4, -0.2) is 48.9 Å². The van der Waals surface area contributed by atoms with E-state index < -0.39 is 12.5 Å². The number of hydrogen-bond donors (Lipinski definition) is 0. The van der Waals surface area contributed by atoms with Crippen LogP contribution in [0.2, 0.25) is 0 Å². The Morgan fingerprint density at radius 1 is 0.731 bits per heavy atom. The number of carbonyl (C=O) groups excluding carboxylic acids is 2. The maximum absolute atomic E-state index is 12.7. The zero-order chi connectivity index (χ0) is 18.3. The lowest BCUT2D eigenvalue weighted by atomic mass is 10.1. The second-order valence-corrected chi connectivity index (χ2v) is 6.35. The van der Waals surface area contributed by atoms with Crippen molar-refractivity contribution in [3.8, 4) is 0 Å². The van der Waals surface area contributed by atoms with E-state index in [2.05, 4.69) is 0 Å². The van der Waals surface area contributed by atoms with Crippen molar-refractivity contribution in [3.63, 3.8) is 0 Å². The molecule has 2 heterocycles. The van der Waals surface area contributed by atoms with Gasteiger partial charge in [0.25, 0.3) is 11.8 Å². The van der Waals surface area contributed by atoms with Crippen LogP contribution in [0, 0.1) is 0 Å². The smallest absolute Gasteiger partial charge is 0.256 e. The number of benzene rings is 2. The van der Waals surface area contributed by atoms with E-state index in [0.717, 1.165) is 11.1 Å². The first-order valence-corrected chi connectivity index (χ1v) is 8.52. The average Bonchev–Trinajstić information content (AvgIpc) is 3.11. The van der Waals surface area contributed by atoms with Crippen molar-refractivity contribution >= 4 is 11.8 Å². The zero-order valence-corrected chi connectivity index (χ0v) is 14.7. The number of carbonyl (C=O) groups is 2. The summed E-state index contributed by atoms with van der Waals surface area (Å²) >= 11 is 0. The van der Waals surface area contributed by atoms with Crippen molar-refractivity contribution in [2.45, 2.75) is 12.5 Å². The SMILES string of the molecule is CO[C@@H]1c2ccccc2C(=O)N1CCN1C(=O)c2ccccc2[C@H]1OC. The van der Waals surface area contributed by atoms with E-state index in [0.29, 0.717) is 24.2 Å². The van der Waals surface area contributed by atoms with Gasteiger partial charge in [-0.05, 0) is 12.1 Å². The fraction of sp³-hybridized carbons (Fsp3) is 0.300. The Bertz CT molecular complexity index is 795. The molecule has 6 heteroatoms. The molecule has 0 fully saturated rings. The van der Waals surface area contributed by atoms with Crippen LogP contribution < -0.4 is 0 Å². The van der Waals surface area contributed by atoms with Gasteiger partial charge in [-0.3, -0.25) is 9.59 Å². The van der Waals surface area contributed by atoms with Crippen LogP contribution in [0.3, 0.4) is 0 Å². The molecule has 0 spiro atoms. The summed E-state index contributed by atoms with van der Waals surface area (Å²) in [6, 6.07) is 14.9. The molecule has 2 atom stereocenters. The van der Waals surface area contributed by atoms with Crippen molar-refractivity contribution in [2.75, 3.05) is 27.3 Å². The number of fused-ring (bicyclic) bond motifs is 2. The molecule has 0 bridgehead atoms. The van der Waals surface area contributed by atoms with Crippen LogP contribution in [0.15, 0.2) is 48.5 Å². The van der Waals surface area contributed by atoms with Crippen LogP contribution in [-0.2, 0) is 9.47 Å². The molecule has 0 saturated carbocycles. The Balaban J connectivity index is 1.55. The van der Waals surface area contributed by atoms with Crippen LogP contribution in [0.5, 0.6) is 0 Å². The summed E-state index contributed by atoms with van der Waals surface area (Å²) in [6.07, 6.45) is -0.862. The highest BCUT2D eigenvalue weighted by Gasteiger charge is 2.40. The van der Waals surface area contributed by atoms with Gasteiger partial charge in [0.1, 0.15) is 0 Å². The minimum absolute atomic E-state index is 0.0782. The minimum Gasteiger partial charge on any atom is -0.357 e. The highest BCUT2D eigenvalue weighted by atomic mass is 16.5. The Labute approximate surface area is 151 Å². The number of nitrogens with zero attached hydrogens (tertiary/aromatic N) is 2. The van der Waals surface area contributed by atoms with Gasteiger partial charge in [0.05, 0.1) is 0 Å². The lowest BCUT2D eigenvalue weighted by Crippen LogP contribution is -2.39. The molecule has 0 N–H and O–H groups in total. The summed E-state index contributed by atoms with van der Waals surface area (Å²) in [5, 5.41) is 0. The van der Waals surface area contributed by atoms with Gasteiger partial charge in [0, 0.05) is 49.6 Å². The number of amides is 2. The molecule has 0 aromatic heterocycles. The summed E-state index contributed by atoms with van der Waals surface area (Å²) < 4.78 is 11.1. The van der Waals surface area contributed by atoms with Gasteiger partial charge >= 0.3 is 0 Å². The molecule has 4 rings (SSSR count). The Morgan fingerprint density at radius 3 is 1.50 bits per heavy atom. The predicted octanol–water partition coefficient (Wildman–Crippen LogP) is 2.59. The molecule has 2 aromatic carbocycles. The minimum atomic E-state index is -0.431. The van der Waals surface area contributed by atoms with Crippen LogP contribution in [0.4, 0.5) is 0 Å². The number of ether oxygens (including phenoxy) is 2. The summed E-state index contributed by atoms with van der Waals surface area (Å²) in [5.41, 5.74) is 3.02. The zero-order valence-electron chi connectivity index (χ0n) is 14.7. The number of rotatable bonds is 5. The fourth-order valence-electron chi connectivity index (χ4n) is 3.83. The summed E-state index contributed by atoms with van der Waals surface area (Å²) in [4.78, 5) is 28.8. The van der Waals surface area contributed by atoms with E-state index in [4.69, 9.17) is 9.47 Å². The maximum Gasteiger partial charge on any atom is 0.256 e. The first-order chi connectivity index (χ1) is 12.7. The molecular formula is C20H20N2O4. The van der Waals surface area contributed by atoms with Crippen molar-refractivity contribution in [2.24, 2.45) is 0 Å². The predicted molar refractivity (Wildman–Crippen MR) is 94.5 cm³/mol. The lowest BCUT2D eigenvalue weighted by Gasteiger charge is -2.29. The topological polar surface area (TPSA) is 59.1 Å². The monoisotopic (exact) mass is 352 g/mol. The molecule has 0 aliphatic carbocycles. The van der Waals surface area contributed by atoms with E-state index in [-0.39, 0.29) is 11.8 Å². The maximum atomic E-state index is 12.7. The Hall–Kier alpha value is -2.70. The van der Waals surface area contributed by atoms with Crippen molar-refractivity contribution in [1.82, 2.24) is 9.80 Å². The van der Waals surface area contributed by atoms with Gasteiger partial charge in [-0.1, -0.05) is 36.4 Å².